The van der Waals surface area contributed by atoms with Crippen molar-refractivity contribution in [2.45, 2.75) is 6.92 Å². The molecule has 0 radical (unpaired) electrons. The lowest BCUT2D eigenvalue weighted by atomic mass is 10.2. The number of para-hydroxylation sites is 2. The third-order valence-electron chi connectivity index (χ3n) is 2.14. The number of rotatable bonds is 2. The monoisotopic (exact) mass is 203 g/mol. The quantitative estimate of drug-likeness (QED) is 0.554. The second-order valence-electron chi connectivity index (χ2n) is 3.13. The van der Waals surface area contributed by atoms with E-state index in [1.807, 2.05) is 6.92 Å². The van der Waals surface area contributed by atoms with Crippen LogP contribution in [0.3, 0.4) is 0 Å². The van der Waals surface area contributed by atoms with Crippen molar-refractivity contribution >= 4 is 5.69 Å². The van der Waals surface area contributed by atoms with Crippen LogP contribution in [0.1, 0.15) is 5.69 Å². The molecule has 1 aromatic heterocycles. The lowest BCUT2D eigenvalue weighted by Gasteiger charge is -2.04. The van der Waals surface area contributed by atoms with E-state index >= 15 is 0 Å². The molecule has 0 saturated carbocycles. The first-order chi connectivity index (χ1) is 7.20. The van der Waals surface area contributed by atoms with Crippen molar-refractivity contribution in [3.63, 3.8) is 0 Å². The van der Waals surface area contributed by atoms with E-state index in [4.69, 9.17) is 0 Å². The smallest absolute Gasteiger partial charge is 0.258 e. The zero-order valence-electron chi connectivity index (χ0n) is 8.12. The molecule has 0 spiro atoms. The maximum atomic E-state index is 10.8. The van der Waals surface area contributed by atoms with Gasteiger partial charge in [-0.2, -0.15) is 5.10 Å². The van der Waals surface area contributed by atoms with Crippen molar-refractivity contribution in [1.29, 1.82) is 0 Å². The molecule has 0 bridgehead atoms. The molecule has 0 N–H and O–H groups in total. The minimum Gasteiger partial charge on any atom is -0.258 e. The van der Waals surface area contributed by atoms with Gasteiger partial charge in [-0.1, -0.05) is 12.1 Å². The molecule has 0 fully saturated rings. The molecule has 5 nitrogen and oxygen atoms in total. The summed E-state index contributed by atoms with van der Waals surface area (Å²) >= 11 is 0. The Morgan fingerprint density at radius 1 is 1.33 bits per heavy atom. The van der Waals surface area contributed by atoms with Crippen LogP contribution in [0.25, 0.3) is 5.69 Å². The molecular formula is C10H9N3O2. The molecular weight excluding hydrogens is 194 g/mol. The molecule has 1 aromatic carbocycles. The zero-order chi connectivity index (χ0) is 10.8. The second kappa shape index (κ2) is 3.53. The van der Waals surface area contributed by atoms with Gasteiger partial charge in [0.15, 0.2) is 0 Å². The highest BCUT2D eigenvalue weighted by molar-refractivity contribution is 5.52. The van der Waals surface area contributed by atoms with Crippen molar-refractivity contribution in [3.05, 3.63) is 52.3 Å². The molecule has 2 aromatic rings. The van der Waals surface area contributed by atoms with Crippen molar-refractivity contribution in [2.75, 3.05) is 0 Å². The van der Waals surface area contributed by atoms with Crippen LogP contribution in [0.5, 0.6) is 0 Å². The summed E-state index contributed by atoms with van der Waals surface area (Å²) in [6, 6.07) is 8.34. The van der Waals surface area contributed by atoms with Gasteiger partial charge >= 0.3 is 0 Å². The molecule has 0 aliphatic heterocycles. The molecule has 0 aliphatic rings. The highest BCUT2D eigenvalue weighted by atomic mass is 16.6. The van der Waals surface area contributed by atoms with Crippen LogP contribution in [0.15, 0.2) is 36.5 Å². The van der Waals surface area contributed by atoms with Gasteiger partial charge in [0.25, 0.3) is 5.69 Å². The fourth-order valence-electron chi connectivity index (χ4n) is 1.42. The van der Waals surface area contributed by atoms with Crippen LogP contribution in [0.4, 0.5) is 5.69 Å². The largest absolute Gasteiger partial charge is 0.294 e. The Morgan fingerprint density at radius 3 is 2.67 bits per heavy atom. The fraction of sp³-hybridized carbons (Fsp3) is 0.100. The van der Waals surface area contributed by atoms with Gasteiger partial charge < -0.3 is 0 Å². The van der Waals surface area contributed by atoms with E-state index in [-0.39, 0.29) is 5.69 Å². The lowest BCUT2D eigenvalue weighted by molar-refractivity contribution is -0.384. The van der Waals surface area contributed by atoms with Gasteiger partial charge in [0.05, 0.1) is 4.92 Å². The molecule has 0 atom stereocenters. The minimum absolute atomic E-state index is 0.0595. The molecule has 0 aliphatic carbocycles. The molecule has 5 heteroatoms. The minimum atomic E-state index is -0.406. The highest BCUT2D eigenvalue weighted by Crippen LogP contribution is 2.22. The Labute approximate surface area is 86.1 Å². The van der Waals surface area contributed by atoms with Crippen molar-refractivity contribution < 1.29 is 4.92 Å². The van der Waals surface area contributed by atoms with E-state index in [2.05, 4.69) is 5.10 Å². The van der Waals surface area contributed by atoms with E-state index in [9.17, 15) is 10.1 Å². The van der Waals surface area contributed by atoms with E-state index in [1.54, 1.807) is 35.1 Å². The summed E-state index contributed by atoms with van der Waals surface area (Å²) < 4.78 is 1.55. The molecule has 0 amide bonds. The summed E-state index contributed by atoms with van der Waals surface area (Å²) in [7, 11) is 0. The Bertz CT molecular complexity index is 505. The summed E-state index contributed by atoms with van der Waals surface area (Å²) in [5.74, 6) is 0. The van der Waals surface area contributed by atoms with E-state index < -0.39 is 4.92 Å². The summed E-state index contributed by atoms with van der Waals surface area (Å²) in [4.78, 5) is 10.4. The number of benzene rings is 1. The number of hydrogen-bond donors (Lipinski definition) is 0. The van der Waals surface area contributed by atoms with Crippen LogP contribution in [0, 0.1) is 17.0 Å². The van der Waals surface area contributed by atoms with Gasteiger partial charge in [-0.3, -0.25) is 10.1 Å². The average molecular weight is 203 g/mol. The van der Waals surface area contributed by atoms with Gasteiger partial charge in [0.1, 0.15) is 5.69 Å². The first kappa shape index (κ1) is 9.39. The van der Waals surface area contributed by atoms with Gasteiger partial charge in [0.2, 0.25) is 0 Å². The topological polar surface area (TPSA) is 61.0 Å². The third kappa shape index (κ3) is 1.59. The number of nitro benzene ring substituents is 1. The highest BCUT2D eigenvalue weighted by Gasteiger charge is 2.15. The third-order valence-corrected chi connectivity index (χ3v) is 2.14. The first-order valence-corrected chi connectivity index (χ1v) is 4.44. The lowest BCUT2D eigenvalue weighted by Crippen LogP contribution is -2.02. The normalized spacial score (nSPS) is 10.2. The summed E-state index contributed by atoms with van der Waals surface area (Å²) in [5, 5.41) is 14.8. The second-order valence-corrected chi connectivity index (χ2v) is 3.13. The SMILES string of the molecule is Cc1ccnn1-c1ccccc1[N+](=O)[O-]. The van der Waals surface area contributed by atoms with Crippen LogP contribution < -0.4 is 0 Å². The Hall–Kier alpha value is -2.17. The van der Waals surface area contributed by atoms with Crippen LogP contribution in [0.2, 0.25) is 0 Å². The molecule has 15 heavy (non-hydrogen) atoms. The number of nitrogens with zero attached hydrogens (tertiary/aromatic N) is 3. The number of nitro groups is 1. The van der Waals surface area contributed by atoms with Crippen LogP contribution in [-0.4, -0.2) is 14.7 Å². The van der Waals surface area contributed by atoms with Gasteiger partial charge in [-0.15, -0.1) is 0 Å². The predicted molar refractivity (Wildman–Crippen MR) is 55.0 cm³/mol. The van der Waals surface area contributed by atoms with Crippen LogP contribution in [-0.2, 0) is 0 Å². The summed E-state index contributed by atoms with van der Waals surface area (Å²) in [6.07, 6.45) is 1.62. The van der Waals surface area contributed by atoms with E-state index in [0.29, 0.717) is 5.69 Å². The maximum Gasteiger partial charge on any atom is 0.294 e. The molecule has 0 saturated heterocycles. The van der Waals surface area contributed by atoms with Gasteiger partial charge in [0, 0.05) is 18.0 Å². The maximum absolute atomic E-state index is 10.8. The first-order valence-electron chi connectivity index (χ1n) is 4.44. The molecule has 0 unspecified atom stereocenters. The number of hydrogen-bond acceptors (Lipinski definition) is 3. The molecule has 1 heterocycles. The Balaban J connectivity index is 2.63. The number of aryl methyl sites for hydroxylation is 1. The van der Waals surface area contributed by atoms with Crippen LogP contribution >= 0.6 is 0 Å². The predicted octanol–water partition coefficient (Wildman–Crippen LogP) is 2.09. The summed E-state index contributed by atoms with van der Waals surface area (Å²) in [5.41, 5.74) is 1.42. The van der Waals surface area contributed by atoms with Gasteiger partial charge in [-0.05, 0) is 19.1 Å². The summed E-state index contributed by atoms with van der Waals surface area (Å²) in [6.45, 7) is 1.85. The molecule has 76 valence electrons. The standard InChI is InChI=1S/C10H9N3O2/c1-8-6-7-11-12(8)9-4-2-3-5-10(9)13(14)15/h2-7H,1H3. The van der Waals surface area contributed by atoms with E-state index in [1.165, 1.54) is 6.07 Å². The zero-order valence-corrected chi connectivity index (χ0v) is 8.12. The Morgan fingerprint density at radius 2 is 2.07 bits per heavy atom. The van der Waals surface area contributed by atoms with Crippen molar-refractivity contribution in [3.8, 4) is 5.69 Å². The number of aromatic nitrogens is 2. The van der Waals surface area contributed by atoms with Gasteiger partial charge in [-0.25, -0.2) is 4.68 Å². The molecule has 2 rings (SSSR count). The van der Waals surface area contributed by atoms with Crippen molar-refractivity contribution in [1.82, 2.24) is 9.78 Å². The fourth-order valence-corrected chi connectivity index (χ4v) is 1.42. The average Bonchev–Trinajstić information content (AvgIpc) is 2.64. The van der Waals surface area contributed by atoms with Crippen molar-refractivity contribution in [2.24, 2.45) is 0 Å². The Kier molecular flexibility index (Phi) is 2.21. The van der Waals surface area contributed by atoms with E-state index in [0.717, 1.165) is 5.69 Å².